The monoisotopic (exact) mass is 414 g/mol. The third-order valence-electron chi connectivity index (χ3n) is 4.14. The number of halogens is 1. The zero-order valence-electron chi connectivity index (χ0n) is 13.9. The summed E-state index contributed by atoms with van der Waals surface area (Å²) in [6.45, 7) is 2.03. The van der Waals surface area contributed by atoms with Crippen molar-refractivity contribution in [2.45, 2.75) is 20.0 Å². The maximum atomic E-state index is 12.7. The van der Waals surface area contributed by atoms with Crippen LogP contribution in [-0.2, 0) is 17.9 Å². The summed E-state index contributed by atoms with van der Waals surface area (Å²) in [4.78, 5) is 24.9. The Morgan fingerprint density at radius 1 is 1.27 bits per heavy atom. The van der Waals surface area contributed by atoms with Crippen LogP contribution >= 0.6 is 15.9 Å². The van der Waals surface area contributed by atoms with Gasteiger partial charge in [0, 0.05) is 23.2 Å². The Bertz CT molecular complexity index is 1190. The van der Waals surface area contributed by atoms with Crippen molar-refractivity contribution in [3.8, 4) is 0 Å². The molecule has 26 heavy (non-hydrogen) atoms. The summed E-state index contributed by atoms with van der Waals surface area (Å²) >= 11 is 3.40. The fourth-order valence-corrected chi connectivity index (χ4v) is 3.42. The van der Waals surface area contributed by atoms with Gasteiger partial charge in [-0.15, -0.1) is 0 Å². The van der Waals surface area contributed by atoms with Crippen LogP contribution in [0.25, 0.3) is 16.6 Å². The lowest BCUT2D eigenvalue weighted by molar-refractivity contribution is -0.122. The van der Waals surface area contributed by atoms with Gasteiger partial charge in [-0.05, 0) is 24.6 Å². The van der Waals surface area contributed by atoms with Crippen molar-refractivity contribution in [2.24, 2.45) is 0 Å². The van der Waals surface area contributed by atoms with E-state index in [-0.39, 0.29) is 18.0 Å². The van der Waals surface area contributed by atoms with Gasteiger partial charge < -0.3 is 9.73 Å². The van der Waals surface area contributed by atoms with Crippen LogP contribution in [0.2, 0.25) is 0 Å². The lowest BCUT2D eigenvalue weighted by Crippen LogP contribution is -2.34. The molecule has 1 amide bonds. The Morgan fingerprint density at radius 3 is 2.92 bits per heavy atom. The van der Waals surface area contributed by atoms with Gasteiger partial charge in [-0.2, -0.15) is 5.10 Å². The first-order valence-electron chi connectivity index (χ1n) is 8.00. The van der Waals surface area contributed by atoms with Crippen molar-refractivity contribution in [3.63, 3.8) is 0 Å². The highest BCUT2D eigenvalue weighted by Gasteiger charge is 2.15. The third-order valence-corrected chi connectivity index (χ3v) is 4.63. The minimum Gasteiger partial charge on any atom is -0.463 e. The van der Waals surface area contributed by atoms with Crippen LogP contribution in [0.5, 0.6) is 0 Å². The molecule has 8 heteroatoms. The van der Waals surface area contributed by atoms with Crippen LogP contribution in [0.15, 0.2) is 56.3 Å². The maximum absolute atomic E-state index is 12.7. The third kappa shape index (κ3) is 2.92. The largest absolute Gasteiger partial charge is 0.463 e. The molecule has 0 unspecified atom stereocenters. The number of hydrogen-bond donors (Lipinski definition) is 1. The van der Waals surface area contributed by atoms with E-state index >= 15 is 0 Å². The second kappa shape index (κ2) is 6.45. The van der Waals surface area contributed by atoms with Crippen molar-refractivity contribution < 1.29 is 9.21 Å². The van der Waals surface area contributed by atoms with E-state index in [9.17, 15) is 9.59 Å². The molecule has 1 N–H and O–H groups in total. The molecule has 7 nitrogen and oxygen atoms in total. The zero-order valence-corrected chi connectivity index (χ0v) is 15.5. The molecule has 4 rings (SSSR count). The maximum Gasteiger partial charge on any atom is 0.291 e. The number of hydrogen-bond acceptors (Lipinski definition) is 4. The lowest BCUT2D eigenvalue weighted by Gasteiger charge is -2.09. The Kier molecular flexibility index (Phi) is 4.12. The highest BCUT2D eigenvalue weighted by molar-refractivity contribution is 9.10. The molecule has 0 spiro atoms. The smallest absolute Gasteiger partial charge is 0.291 e. The van der Waals surface area contributed by atoms with E-state index in [4.69, 9.17) is 4.42 Å². The number of furan rings is 1. The quantitative estimate of drug-likeness (QED) is 0.556. The summed E-state index contributed by atoms with van der Waals surface area (Å²) in [7, 11) is 0. The van der Waals surface area contributed by atoms with E-state index < -0.39 is 0 Å². The Labute approximate surface area is 156 Å². The van der Waals surface area contributed by atoms with Gasteiger partial charge in [0.15, 0.2) is 5.58 Å². The normalized spacial score (nSPS) is 11.3. The zero-order chi connectivity index (χ0) is 18.3. The van der Waals surface area contributed by atoms with E-state index in [0.29, 0.717) is 23.5 Å². The van der Waals surface area contributed by atoms with Gasteiger partial charge >= 0.3 is 0 Å². The van der Waals surface area contributed by atoms with Gasteiger partial charge in [0.05, 0.1) is 11.8 Å². The fourth-order valence-electron chi connectivity index (χ4n) is 2.98. The van der Waals surface area contributed by atoms with E-state index in [0.717, 1.165) is 15.6 Å². The number of benzene rings is 1. The fraction of sp³-hybridized carbons (Fsp3) is 0.167. The van der Waals surface area contributed by atoms with E-state index in [2.05, 4.69) is 26.3 Å². The number of carbonyl (C=O) groups excluding carboxylic acids is 1. The number of aryl methyl sites for hydroxylation is 1. The molecule has 0 bridgehead atoms. The van der Waals surface area contributed by atoms with Crippen LogP contribution in [-0.4, -0.2) is 20.1 Å². The van der Waals surface area contributed by atoms with Gasteiger partial charge in [-0.1, -0.05) is 28.1 Å². The van der Waals surface area contributed by atoms with Crippen molar-refractivity contribution in [3.05, 3.63) is 68.9 Å². The molecular formula is C18H15BrN4O3. The molecule has 132 valence electrons. The van der Waals surface area contributed by atoms with Crippen LogP contribution < -0.4 is 10.9 Å². The van der Waals surface area contributed by atoms with Crippen molar-refractivity contribution in [2.75, 3.05) is 0 Å². The predicted octanol–water partition coefficient (Wildman–Crippen LogP) is 2.63. The second-order valence-electron chi connectivity index (χ2n) is 5.95. The molecule has 0 aliphatic carbocycles. The standard InChI is InChI=1S/C18H15BrN4O3/c1-11-21-22(10-17(24)20-9-12-3-2-4-13(19)7-12)18(25)15-8-16-14(23(11)15)5-6-26-16/h2-8H,9-10H2,1H3,(H,20,24). The Morgan fingerprint density at radius 2 is 2.12 bits per heavy atom. The predicted molar refractivity (Wildman–Crippen MR) is 99.9 cm³/mol. The summed E-state index contributed by atoms with van der Waals surface area (Å²) in [5.41, 5.74) is 2.47. The Hall–Kier alpha value is -2.87. The molecular weight excluding hydrogens is 400 g/mol. The number of nitrogens with zero attached hydrogens (tertiary/aromatic N) is 3. The lowest BCUT2D eigenvalue weighted by atomic mass is 10.2. The number of carbonyl (C=O) groups is 1. The van der Waals surface area contributed by atoms with Crippen molar-refractivity contribution >= 4 is 38.5 Å². The highest BCUT2D eigenvalue weighted by atomic mass is 79.9. The van der Waals surface area contributed by atoms with E-state index in [1.54, 1.807) is 29.7 Å². The average Bonchev–Trinajstić information content (AvgIpc) is 3.19. The molecule has 0 aliphatic heterocycles. The summed E-state index contributed by atoms with van der Waals surface area (Å²) in [6.07, 6.45) is 1.57. The molecule has 0 fully saturated rings. The van der Waals surface area contributed by atoms with Gasteiger partial charge in [0.25, 0.3) is 5.56 Å². The van der Waals surface area contributed by atoms with Crippen molar-refractivity contribution in [1.29, 1.82) is 0 Å². The van der Waals surface area contributed by atoms with Crippen LogP contribution in [0, 0.1) is 6.92 Å². The molecule has 0 atom stereocenters. The molecule has 0 radical (unpaired) electrons. The first-order chi connectivity index (χ1) is 12.5. The summed E-state index contributed by atoms with van der Waals surface area (Å²) in [5, 5.41) is 7.08. The minimum absolute atomic E-state index is 0.142. The molecule has 1 aromatic carbocycles. The molecule has 0 aliphatic rings. The topological polar surface area (TPSA) is 81.5 Å². The van der Waals surface area contributed by atoms with Gasteiger partial charge in [0.1, 0.15) is 17.9 Å². The van der Waals surface area contributed by atoms with Crippen molar-refractivity contribution in [1.82, 2.24) is 19.5 Å². The number of fused-ring (bicyclic) bond motifs is 3. The molecule has 0 saturated carbocycles. The molecule has 3 aromatic heterocycles. The number of rotatable bonds is 4. The van der Waals surface area contributed by atoms with E-state index in [1.807, 2.05) is 24.3 Å². The highest BCUT2D eigenvalue weighted by Crippen LogP contribution is 2.19. The summed E-state index contributed by atoms with van der Waals surface area (Å²) < 4.78 is 9.21. The molecule has 3 heterocycles. The van der Waals surface area contributed by atoms with Gasteiger partial charge in [-0.3, -0.25) is 14.0 Å². The van der Waals surface area contributed by atoms with E-state index in [1.165, 1.54) is 4.68 Å². The van der Waals surface area contributed by atoms with Gasteiger partial charge in [0.2, 0.25) is 5.91 Å². The number of nitrogens with one attached hydrogen (secondary N) is 1. The molecule has 0 saturated heterocycles. The first-order valence-corrected chi connectivity index (χ1v) is 8.80. The first kappa shape index (κ1) is 16.6. The molecule has 4 aromatic rings. The summed E-state index contributed by atoms with van der Waals surface area (Å²) in [6, 6.07) is 11.1. The summed E-state index contributed by atoms with van der Waals surface area (Å²) in [5.74, 6) is 0.328. The van der Waals surface area contributed by atoms with Crippen LogP contribution in [0.4, 0.5) is 0 Å². The van der Waals surface area contributed by atoms with Crippen LogP contribution in [0.3, 0.4) is 0 Å². The number of amides is 1. The average molecular weight is 415 g/mol. The minimum atomic E-state index is -0.334. The Balaban J connectivity index is 1.57. The SMILES string of the molecule is Cc1nn(CC(=O)NCc2cccc(Br)c2)c(=O)c2cc3occc3n12. The number of aromatic nitrogens is 3. The van der Waals surface area contributed by atoms with Crippen LogP contribution in [0.1, 0.15) is 11.4 Å². The second-order valence-corrected chi connectivity index (χ2v) is 6.87. The van der Waals surface area contributed by atoms with Gasteiger partial charge in [-0.25, -0.2) is 4.68 Å².